The fourth-order valence-corrected chi connectivity index (χ4v) is 1.32. The van der Waals surface area contributed by atoms with E-state index in [0.29, 0.717) is 0 Å². The SMILES string of the molecule is Cl.OC1CSCCN1. The van der Waals surface area contributed by atoms with Crippen LogP contribution in [0.15, 0.2) is 0 Å². The number of hydrogen-bond donors (Lipinski definition) is 2. The summed E-state index contributed by atoms with van der Waals surface area (Å²) in [6.07, 6.45) is -0.251. The Bertz CT molecular complexity index is 58.0. The standard InChI is InChI=1S/C4H9NOS.ClH/c6-4-3-7-2-1-5-4;/h4-6H,1-3H2;1H. The third-order valence-electron chi connectivity index (χ3n) is 0.902. The monoisotopic (exact) mass is 155 g/mol. The summed E-state index contributed by atoms with van der Waals surface area (Å²) in [6, 6.07) is 0. The molecular formula is C4H10ClNOS. The van der Waals surface area contributed by atoms with Gasteiger partial charge in [0.15, 0.2) is 0 Å². The lowest BCUT2D eigenvalue weighted by Crippen LogP contribution is -2.36. The van der Waals surface area contributed by atoms with E-state index in [9.17, 15) is 0 Å². The fourth-order valence-electron chi connectivity index (χ4n) is 0.552. The second kappa shape index (κ2) is 4.44. The molecule has 1 unspecified atom stereocenters. The Morgan fingerprint density at radius 1 is 1.62 bits per heavy atom. The minimum Gasteiger partial charge on any atom is -0.378 e. The highest BCUT2D eigenvalue weighted by atomic mass is 35.5. The first-order valence-electron chi connectivity index (χ1n) is 2.39. The Labute approximate surface area is 59.4 Å². The molecule has 0 aliphatic carbocycles. The summed E-state index contributed by atoms with van der Waals surface area (Å²) in [5.74, 6) is 1.98. The van der Waals surface area contributed by atoms with Crippen LogP contribution in [0.3, 0.4) is 0 Å². The van der Waals surface area contributed by atoms with Gasteiger partial charge in [-0.1, -0.05) is 0 Å². The number of aliphatic hydroxyl groups excluding tert-OH is 1. The Hall–Kier alpha value is 0.560. The summed E-state index contributed by atoms with van der Waals surface area (Å²) in [5.41, 5.74) is 0. The van der Waals surface area contributed by atoms with Crippen molar-refractivity contribution in [1.82, 2.24) is 5.32 Å². The highest BCUT2D eigenvalue weighted by Crippen LogP contribution is 2.04. The quantitative estimate of drug-likeness (QED) is 0.519. The van der Waals surface area contributed by atoms with E-state index in [-0.39, 0.29) is 18.6 Å². The van der Waals surface area contributed by atoms with Crippen molar-refractivity contribution in [2.75, 3.05) is 18.1 Å². The van der Waals surface area contributed by atoms with Crippen molar-refractivity contribution in [1.29, 1.82) is 0 Å². The molecule has 1 aliphatic heterocycles. The van der Waals surface area contributed by atoms with E-state index in [1.807, 2.05) is 0 Å². The summed E-state index contributed by atoms with van der Waals surface area (Å²) in [4.78, 5) is 0. The minimum absolute atomic E-state index is 0. The van der Waals surface area contributed by atoms with E-state index in [0.717, 1.165) is 18.1 Å². The van der Waals surface area contributed by atoms with Gasteiger partial charge in [0, 0.05) is 18.1 Å². The summed E-state index contributed by atoms with van der Waals surface area (Å²) in [5, 5.41) is 11.7. The molecule has 2 nitrogen and oxygen atoms in total. The molecule has 0 aromatic heterocycles. The van der Waals surface area contributed by atoms with Crippen LogP contribution in [0.1, 0.15) is 0 Å². The van der Waals surface area contributed by atoms with Gasteiger partial charge >= 0.3 is 0 Å². The predicted molar refractivity (Wildman–Crippen MR) is 38.6 cm³/mol. The van der Waals surface area contributed by atoms with E-state index in [4.69, 9.17) is 5.11 Å². The number of rotatable bonds is 0. The average molecular weight is 156 g/mol. The van der Waals surface area contributed by atoms with Crippen molar-refractivity contribution in [3.05, 3.63) is 0 Å². The number of thioether (sulfide) groups is 1. The lowest BCUT2D eigenvalue weighted by Gasteiger charge is -2.16. The van der Waals surface area contributed by atoms with Crippen molar-refractivity contribution < 1.29 is 5.11 Å². The van der Waals surface area contributed by atoms with Gasteiger partial charge in [-0.2, -0.15) is 11.8 Å². The number of halogens is 1. The lowest BCUT2D eigenvalue weighted by molar-refractivity contribution is 0.161. The minimum atomic E-state index is -0.251. The van der Waals surface area contributed by atoms with Crippen LogP contribution in [-0.2, 0) is 0 Å². The van der Waals surface area contributed by atoms with Crippen LogP contribution in [0.25, 0.3) is 0 Å². The van der Waals surface area contributed by atoms with Gasteiger partial charge < -0.3 is 5.11 Å². The maximum Gasteiger partial charge on any atom is 0.114 e. The van der Waals surface area contributed by atoms with Crippen LogP contribution >= 0.6 is 24.2 Å². The van der Waals surface area contributed by atoms with E-state index in [1.165, 1.54) is 0 Å². The molecule has 1 rings (SSSR count). The van der Waals surface area contributed by atoms with Crippen molar-refractivity contribution in [2.45, 2.75) is 6.23 Å². The van der Waals surface area contributed by atoms with E-state index in [1.54, 1.807) is 11.8 Å². The zero-order valence-corrected chi connectivity index (χ0v) is 6.10. The fraction of sp³-hybridized carbons (Fsp3) is 1.00. The molecule has 1 atom stereocenters. The van der Waals surface area contributed by atoms with Crippen LogP contribution in [-0.4, -0.2) is 29.4 Å². The second-order valence-corrected chi connectivity index (χ2v) is 2.69. The van der Waals surface area contributed by atoms with Crippen LogP contribution in [0.2, 0.25) is 0 Å². The Morgan fingerprint density at radius 3 is 2.62 bits per heavy atom. The molecule has 4 heteroatoms. The molecule has 50 valence electrons. The topological polar surface area (TPSA) is 32.3 Å². The zero-order chi connectivity index (χ0) is 5.11. The van der Waals surface area contributed by atoms with Crippen molar-refractivity contribution in [2.24, 2.45) is 0 Å². The molecule has 1 fully saturated rings. The van der Waals surface area contributed by atoms with Crippen LogP contribution in [0.5, 0.6) is 0 Å². The molecular weight excluding hydrogens is 146 g/mol. The van der Waals surface area contributed by atoms with Gasteiger partial charge in [0.2, 0.25) is 0 Å². The van der Waals surface area contributed by atoms with Crippen LogP contribution in [0, 0.1) is 0 Å². The van der Waals surface area contributed by atoms with Gasteiger partial charge in [0.25, 0.3) is 0 Å². The molecule has 0 saturated carbocycles. The second-order valence-electron chi connectivity index (χ2n) is 1.54. The number of aliphatic hydroxyl groups is 1. The number of nitrogens with one attached hydrogen (secondary N) is 1. The molecule has 1 saturated heterocycles. The Balaban J connectivity index is 0.000000490. The third kappa shape index (κ3) is 2.77. The van der Waals surface area contributed by atoms with E-state index < -0.39 is 0 Å². The largest absolute Gasteiger partial charge is 0.378 e. The average Bonchev–Trinajstić information content (AvgIpc) is 1.69. The smallest absolute Gasteiger partial charge is 0.114 e. The summed E-state index contributed by atoms with van der Waals surface area (Å²) in [6.45, 7) is 0.950. The van der Waals surface area contributed by atoms with Crippen LogP contribution in [0.4, 0.5) is 0 Å². The molecule has 0 amide bonds. The molecule has 0 spiro atoms. The molecule has 0 radical (unpaired) electrons. The Morgan fingerprint density at radius 2 is 2.38 bits per heavy atom. The van der Waals surface area contributed by atoms with Crippen LogP contribution < -0.4 is 5.32 Å². The van der Waals surface area contributed by atoms with Gasteiger partial charge in [0.1, 0.15) is 6.23 Å². The first-order valence-corrected chi connectivity index (χ1v) is 3.54. The molecule has 2 N–H and O–H groups in total. The zero-order valence-electron chi connectivity index (χ0n) is 4.46. The Kier molecular flexibility index (Phi) is 4.75. The molecule has 1 heterocycles. The van der Waals surface area contributed by atoms with Gasteiger partial charge in [-0.25, -0.2) is 0 Å². The van der Waals surface area contributed by atoms with Crippen molar-refractivity contribution in [3.63, 3.8) is 0 Å². The predicted octanol–water partition coefficient (Wildman–Crippen LogP) is 0.0630. The van der Waals surface area contributed by atoms with Gasteiger partial charge in [-0.05, 0) is 0 Å². The van der Waals surface area contributed by atoms with Gasteiger partial charge in [0.05, 0.1) is 0 Å². The normalized spacial score (nSPS) is 28.9. The van der Waals surface area contributed by atoms with Crippen molar-refractivity contribution in [3.8, 4) is 0 Å². The molecule has 1 aliphatic rings. The van der Waals surface area contributed by atoms with Gasteiger partial charge in [-0.3, -0.25) is 5.32 Å². The number of hydrogen-bond acceptors (Lipinski definition) is 3. The maximum atomic E-state index is 8.78. The maximum absolute atomic E-state index is 8.78. The first kappa shape index (κ1) is 8.56. The van der Waals surface area contributed by atoms with E-state index in [2.05, 4.69) is 5.32 Å². The highest BCUT2D eigenvalue weighted by molar-refractivity contribution is 7.99. The van der Waals surface area contributed by atoms with Crippen molar-refractivity contribution >= 4 is 24.2 Å². The third-order valence-corrected chi connectivity index (χ3v) is 1.95. The molecule has 8 heavy (non-hydrogen) atoms. The molecule has 0 bridgehead atoms. The summed E-state index contributed by atoms with van der Waals surface area (Å²) < 4.78 is 0. The lowest BCUT2D eigenvalue weighted by atomic mass is 10.6. The van der Waals surface area contributed by atoms with Gasteiger partial charge in [-0.15, -0.1) is 12.4 Å². The molecule has 0 aromatic rings. The summed E-state index contributed by atoms with van der Waals surface area (Å²) >= 11 is 1.79. The summed E-state index contributed by atoms with van der Waals surface area (Å²) in [7, 11) is 0. The highest BCUT2D eigenvalue weighted by Gasteiger charge is 2.06. The first-order chi connectivity index (χ1) is 3.39. The van der Waals surface area contributed by atoms with E-state index >= 15 is 0 Å². The molecule has 0 aromatic carbocycles.